The zero-order valence-electron chi connectivity index (χ0n) is 33.1. The van der Waals surface area contributed by atoms with Crippen molar-refractivity contribution in [1.29, 1.82) is 0 Å². The third-order valence-corrected chi connectivity index (χ3v) is 11.1. The molecule has 2 unspecified atom stereocenters. The number of hydrogen-bond donors (Lipinski definition) is 3. The Hall–Kier alpha value is -5.19. The van der Waals surface area contributed by atoms with Crippen LogP contribution in [0.4, 0.5) is 0 Å². The number of imide groups is 1. The monoisotopic (exact) mass is 761 g/mol. The molecule has 0 aromatic rings. The van der Waals surface area contributed by atoms with Gasteiger partial charge in [0.05, 0.1) is 12.2 Å². The van der Waals surface area contributed by atoms with Gasteiger partial charge in [0.2, 0.25) is 11.8 Å². The van der Waals surface area contributed by atoms with Crippen molar-refractivity contribution >= 4 is 17.7 Å². The number of carbonyl (C=O) groups is 3. The Balaban J connectivity index is 1.05. The van der Waals surface area contributed by atoms with E-state index in [9.17, 15) is 19.5 Å². The Kier molecular flexibility index (Phi) is 15.1. The summed E-state index contributed by atoms with van der Waals surface area (Å²) >= 11 is 0. The van der Waals surface area contributed by atoms with Gasteiger partial charge in [-0.25, -0.2) is 0 Å². The highest BCUT2D eigenvalue weighted by Crippen LogP contribution is 2.42. The lowest BCUT2D eigenvalue weighted by Crippen LogP contribution is -2.56. The predicted molar refractivity (Wildman–Crippen MR) is 224 cm³/mol. The van der Waals surface area contributed by atoms with Crippen molar-refractivity contribution in [3.05, 3.63) is 144 Å². The van der Waals surface area contributed by atoms with Crippen LogP contribution in [0.3, 0.4) is 0 Å². The second-order valence-electron chi connectivity index (χ2n) is 14.8. The quantitative estimate of drug-likeness (QED) is 0.0563. The molecule has 10 nitrogen and oxygen atoms in total. The van der Waals surface area contributed by atoms with Crippen molar-refractivity contribution in [3.63, 3.8) is 0 Å². The number of piperazine rings is 1. The zero-order chi connectivity index (χ0) is 40.2. The molecule has 6 aliphatic rings. The first-order valence-corrected chi connectivity index (χ1v) is 20.0. The van der Waals surface area contributed by atoms with E-state index in [-0.39, 0.29) is 36.1 Å². The summed E-state index contributed by atoms with van der Waals surface area (Å²) in [7, 11) is 0. The Morgan fingerprint density at radius 2 is 1.71 bits per heavy atom. The van der Waals surface area contributed by atoms with Gasteiger partial charge in [-0.15, -0.1) is 0 Å². The van der Waals surface area contributed by atoms with Crippen LogP contribution in [-0.4, -0.2) is 95.6 Å². The van der Waals surface area contributed by atoms with Crippen LogP contribution < -0.4 is 10.6 Å². The molecule has 3 N–H and O–H groups in total. The van der Waals surface area contributed by atoms with Gasteiger partial charge in [0, 0.05) is 44.8 Å². The lowest BCUT2D eigenvalue weighted by atomic mass is 9.93. The number of aliphatic hydroxyl groups excluding tert-OH is 1. The van der Waals surface area contributed by atoms with Gasteiger partial charge in [-0.3, -0.25) is 24.6 Å². The number of fused-ring (bicyclic) bond motifs is 3. The van der Waals surface area contributed by atoms with Crippen molar-refractivity contribution in [1.82, 2.24) is 25.3 Å². The number of likely N-dealkylation sites (tertiary alicyclic amines) is 1. The number of aliphatic hydroxyl groups is 1. The number of nitrogens with one attached hydrogen (secondary N) is 2. The van der Waals surface area contributed by atoms with Gasteiger partial charge in [0.25, 0.3) is 5.91 Å². The van der Waals surface area contributed by atoms with E-state index in [4.69, 9.17) is 4.74 Å². The Morgan fingerprint density at radius 3 is 2.43 bits per heavy atom. The maximum absolute atomic E-state index is 13.6. The van der Waals surface area contributed by atoms with Crippen LogP contribution >= 0.6 is 0 Å². The lowest BCUT2D eigenvalue weighted by Gasteiger charge is -2.42. The number of dihydropyridines is 1. The molecule has 0 aromatic heterocycles. The first-order chi connectivity index (χ1) is 27.1. The molecule has 56 heavy (non-hydrogen) atoms. The summed E-state index contributed by atoms with van der Waals surface area (Å²) in [6.45, 7) is 28.0. The number of ether oxygens (including phenoxy) is 1. The molecule has 10 heteroatoms. The zero-order valence-corrected chi connectivity index (χ0v) is 33.1. The molecule has 0 spiro atoms. The smallest absolute Gasteiger partial charge is 0.256 e. The number of amides is 3. The van der Waals surface area contributed by atoms with Crippen molar-refractivity contribution in [2.24, 2.45) is 0 Å². The van der Waals surface area contributed by atoms with Crippen molar-refractivity contribution < 1.29 is 24.2 Å². The molecular formula is C46H59N5O5. The minimum Gasteiger partial charge on any atom is -0.508 e. The number of hydrogen-bond acceptors (Lipinski definition) is 8. The average molecular weight is 762 g/mol. The number of nitrogens with zero attached hydrogens (tertiary/aromatic N) is 3. The molecule has 4 saturated heterocycles. The van der Waals surface area contributed by atoms with E-state index in [1.165, 1.54) is 11.6 Å². The fourth-order valence-electron chi connectivity index (χ4n) is 8.12. The molecule has 0 aromatic carbocycles. The molecule has 2 bridgehead atoms. The molecule has 6 rings (SSSR count). The van der Waals surface area contributed by atoms with Gasteiger partial charge in [-0.1, -0.05) is 76.3 Å². The summed E-state index contributed by atoms with van der Waals surface area (Å²) in [5, 5.41) is 16.0. The molecule has 5 heterocycles. The Labute approximate surface area is 333 Å². The Morgan fingerprint density at radius 1 is 0.929 bits per heavy atom. The first-order valence-electron chi connectivity index (χ1n) is 20.0. The summed E-state index contributed by atoms with van der Waals surface area (Å²) in [6.07, 6.45) is 23.2. The van der Waals surface area contributed by atoms with Crippen LogP contribution in [0.5, 0.6) is 0 Å². The highest BCUT2D eigenvalue weighted by molar-refractivity contribution is 6.07. The Bertz CT molecular complexity index is 1830. The van der Waals surface area contributed by atoms with Crippen LogP contribution in [0, 0.1) is 0 Å². The van der Waals surface area contributed by atoms with Gasteiger partial charge in [0.1, 0.15) is 23.7 Å². The van der Waals surface area contributed by atoms with Crippen molar-refractivity contribution in [2.45, 2.75) is 76.9 Å². The number of unbranched alkanes of at least 4 members (excludes halogenated alkanes) is 2. The standard InChI is InChI=1S/C46H59N5O5/c1-7-10-16-32(4)36(9-3)37(18-14-17-35(52)8-2)33(5)21-22-34(6)56-30-13-11-12-25-49-26-28-50(29-27-49)44-38-19-15-20-40(47-44)43-39(38)31-51(46(43)55)41-23-24-42(53)48-45(41)54/h7-8,10,14,16-18,21-22,41,44,47,52H,1-2,4-6,9,11-13,15,19-20,23-31H2,3H3,(H,48,53,54)/b16-10-,18-14+,22-21-,35-17+,37-36-. The largest absolute Gasteiger partial charge is 0.508 e. The highest BCUT2D eigenvalue weighted by atomic mass is 16.5. The molecule has 5 aliphatic heterocycles. The fraction of sp³-hybridized carbons (Fsp3) is 0.413. The highest BCUT2D eigenvalue weighted by Gasteiger charge is 2.47. The third kappa shape index (κ3) is 10.4. The maximum Gasteiger partial charge on any atom is 0.256 e. The van der Waals surface area contributed by atoms with Crippen LogP contribution in [0.2, 0.25) is 0 Å². The lowest BCUT2D eigenvalue weighted by molar-refractivity contribution is -0.142. The molecule has 1 aliphatic carbocycles. The van der Waals surface area contributed by atoms with E-state index < -0.39 is 6.04 Å². The van der Waals surface area contributed by atoms with Crippen LogP contribution in [0.25, 0.3) is 0 Å². The van der Waals surface area contributed by atoms with Crippen LogP contribution in [0.1, 0.15) is 64.7 Å². The van der Waals surface area contributed by atoms with Crippen molar-refractivity contribution in [3.8, 4) is 0 Å². The van der Waals surface area contributed by atoms with E-state index in [0.717, 1.165) is 117 Å². The molecule has 298 valence electrons. The fourth-order valence-corrected chi connectivity index (χ4v) is 8.12. The van der Waals surface area contributed by atoms with E-state index in [1.54, 1.807) is 23.1 Å². The first kappa shape index (κ1) is 42.0. The second-order valence-corrected chi connectivity index (χ2v) is 14.8. The third-order valence-electron chi connectivity index (χ3n) is 11.1. The summed E-state index contributed by atoms with van der Waals surface area (Å²) in [5.74, 6) is -0.0611. The molecule has 0 saturated carbocycles. The predicted octanol–water partition coefficient (Wildman–Crippen LogP) is 6.92. The van der Waals surface area contributed by atoms with Gasteiger partial charge in [-0.2, -0.15) is 0 Å². The summed E-state index contributed by atoms with van der Waals surface area (Å²) in [4.78, 5) is 44.7. The molecule has 2 atom stereocenters. The van der Waals surface area contributed by atoms with Gasteiger partial charge in [-0.05, 0) is 110 Å². The topological polar surface area (TPSA) is 114 Å². The van der Waals surface area contributed by atoms with E-state index in [0.29, 0.717) is 25.3 Å². The summed E-state index contributed by atoms with van der Waals surface area (Å²) < 4.78 is 5.94. The normalized spacial score (nSPS) is 22.8. The number of rotatable bonds is 19. The number of allylic oxidation sites excluding steroid dienone is 14. The van der Waals surface area contributed by atoms with Crippen molar-refractivity contribution in [2.75, 3.05) is 45.9 Å². The van der Waals surface area contributed by atoms with Gasteiger partial charge < -0.3 is 25.0 Å². The van der Waals surface area contributed by atoms with E-state index in [2.05, 4.69) is 60.3 Å². The molecule has 0 radical (unpaired) electrons. The number of piperidine rings is 1. The minimum absolute atomic E-state index is 0.0758. The summed E-state index contributed by atoms with van der Waals surface area (Å²) in [6, 6.07) is -0.591. The van der Waals surface area contributed by atoms with E-state index in [1.807, 2.05) is 30.4 Å². The van der Waals surface area contributed by atoms with Gasteiger partial charge in [0.15, 0.2) is 0 Å². The molecule has 4 fully saturated rings. The van der Waals surface area contributed by atoms with E-state index >= 15 is 0 Å². The maximum atomic E-state index is 13.6. The van der Waals surface area contributed by atoms with Gasteiger partial charge >= 0.3 is 0 Å². The molecule has 3 amide bonds. The molecular weight excluding hydrogens is 703 g/mol. The average Bonchev–Trinajstić information content (AvgIpc) is 3.31. The van der Waals surface area contributed by atoms with Crippen LogP contribution in [0.15, 0.2) is 144 Å². The minimum atomic E-state index is -0.591. The second kappa shape index (κ2) is 20.1. The van der Waals surface area contributed by atoms with Crippen LogP contribution in [-0.2, 0) is 19.1 Å². The number of carbonyl (C=O) groups excluding carboxylic acids is 3. The summed E-state index contributed by atoms with van der Waals surface area (Å²) in [5.41, 5.74) is 7.72. The SMILES string of the molecule is C=C/C=C\C(=C)/C(CC)=C(/C=C/C=C(/O)C=C)C(=C)/C=C\C(=C)OCCCCCN1CCN(C2NC3=C4C(=O)N(C5CCC(=O)NC5=O)CC4=C2CCC3)CC1.